The highest BCUT2D eigenvalue weighted by molar-refractivity contribution is 6.13. The normalized spacial score (nSPS) is 15.1. The standard InChI is InChI=1S/C21H14.ClH/c1-3-10-18-16(8-1)17-9-2-4-11-19(17)21-13-15-7-5-6-14(15)12-20(18)21;/h1-12H,13H2;1H. The Balaban J connectivity index is 0.00000125. The van der Waals surface area contributed by atoms with Crippen LogP contribution in [0, 0.1) is 0 Å². The monoisotopic (exact) mass is 302 g/mol. The van der Waals surface area contributed by atoms with E-state index in [1.807, 2.05) is 0 Å². The van der Waals surface area contributed by atoms with Crippen molar-refractivity contribution in [1.82, 2.24) is 0 Å². The molecule has 106 valence electrons. The van der Waals surface area contributed by atoms with Crippen molar-refractivity contribution in [3.8, 4) is 0 Å². The number of benzene rings is 3. The zero-order valence-corrected chi connectivity index (χ0v) is 12.9. The molecule has 0 saturated heterocycles. The van der Waals surface area contributed by atoms with Crippen LogP contribution in [0.5, 0.6) is 0 Å². The molecule has 0 aliphatic heterocycles. The summed E-state index contributed by atoms with van der Waals surface area (Å²) in [7, 11) is 0. The van der Waals surface area contributed by atoms with E-state index in [2.05, 4.69) is 72.8 Å². The summed E-state index contributed by atoms with van der Waals surface area (Å²) in [5.41, 5.74) is 5.71. The Morgan fingerprint density at radius 3 is 2.14 bits per heavy atom. The molecule has 0 aromatic heterocycles. The molecule has 22 heavy (non-hydrogen) atoms. The number of allylic oxidation sites excluding steroid dienone is 5. The molecule has 0 amide bonds. The maximum atomic E-state index is 2.36. The van der Waals surface area contributed by atoms with Crippen molar-refractivity contribution in [3.05, 3.63) is 89.0 Å². The highest BCUT2D eigenvalue weighted by atomic mass is 35.5. The summed E-state index contributed by atoms with van der Waals surface area (Å²) in [5.74, 6) is 0. The minimum Gasteiger partial charge on any atom is -0.147 e. The summed E-state index contributed by atoms with van der Waals surface area (Å²) < 4.78 is 0. The van der Waals surface area contributed by atoms with Gasteiger partial charge in [-0.1, -0.05) is 66.8 Å². The summed E-state index contributed by atoms with van der Waals surface area (Å²) in [6.45, 7) is 0. The third-order valence-electron chi connectivity index (χ3n) is 4.70. The van der Waals surface area contributed by atoms with E-state index in [0.717, 1.165) is 6.42 Å². The predicted octanol–water partition coefficient (Wildman–Crippen LogP) is 5.85. The summed E-state index contributed by atoms with van der Waals surface area (Å²) >= 11 is 0. The van der Waals surface area contributed by atoms with Crippen LogP contribution in [0.15, 0.2) is 77.9 Å². The summed E-state index contributed by atoms with van der Waals surface area (Å²) in [6, 6.07) is 17.6. The lowest BCUT2D eigenvalue weighted by Gasteiger charge is -2.21. The average molecular weight is 303 g/mol. The molecule has 0 spiro atoms. The molecule has 3 aromatic rings. The lowest BCUT2D eigenvalue weighted by molar-refractivity contribution is 1.18. The van der Waals surface area contributed by atoms with Gasteiger partial charge in [0.15, 0.2) is 0 Å². The van der Waals surface area contributed by atoms with Crippen LogP contribution >= 0.6 is 12.4 Å². The van der Waals surface area contributed by atoms with Crippen molar-refractivity contribution >= 4 is 40.0 Å². The Morgan fingerprint density at radius 2 is 1.36 bits per heavy atom. The van der Waals surface area contributed by atoms with Crippen molar-refractivity contribution in [3.63, 3.8) is 0 Å². The van der Waals surface area contributed by atoms with E-state index in [4.69, 9.17) is 0 Å². The zero-order chi connectivity index (χ0) is 13.8. The molecule has 0 nitrogen and oxygen atoms in total. The van der Waals surface area contributed by atoms with Gasteiger partial charge in [0, 0.05) is 0 Å². The highest BCUT2D eigenvalue weighted by Gasteiger charge is 2.20. The molecule has 1 heteroatoms. The molecule has 5 rings (SSSR count). The van der Waals surface area contributed by atoms with Gasteiger partial charge in [0.2, 0.25) is 0 Å². The number of rotatable bonds is 0. The van der Waals surface area contributed by atoms with Gasteiger partial charge in [-0.2, -0.15) is 0 Å². The molecule has 0 heterocycles. The Hall–Kier alpha value is -2.31. The first-order valence-electron chi connectivity index (χ1n) is 7.43. The number of halogens is 1. The zero-order valence-electron chi connectivity index (χ0n) is 12.0. The molecule has 0 saturated carbocycles. The van der Waals surface area contributed by atoms with Gasteiger partial charge in [0.1, 0.15) is 0 Å². The quantitative estimate of drug-likeness (QED) is 0.457. The van der Waals surface area contributed by atoms with Crippen LogP contribution < -0.4 is 0 Å². The van der Waals surface area contributed by atoms with Gasteiger partial charge >= 0.3 is 0 Å². The van der Waals surface area contributed by atoms with Gasteiger partial charge in [-0.3, -0.25) is 0 Å². The van der Waals surface area contributed by atoms with Gasteiger partial charge in [-0.25, -0.2) is 0 Å². The predicted molar refractivity (Wildman–Crippen MR) is 97.6 cm³/mol. The highest BCUT2D eigenvalue weighted by Crippen LogP contribution is 2.40. The molecule has 0 N–H and O–H groups in total. The minimum atomic E-state index is 0. The van der Waals surface area contributed by atoms with Crippen LogP contribution in [0.1, 0.15) is 11.1 Å². The molecule has 0 radical (unpaired) electrons. The van der Waals surface area contributed by atoms with E-state index in [1.54, 1.807) is 0 Å². The third kappa shape index (κ3) is 1.71. The van der Waals surface area contributed by atoms with Crippen molar-refractivity contribution < 1.29 is 0 Å². The molecule has 0 bridgehead atoms. The summed E-state index contributed by atoms with van der Waals surface area (Å²) in [5, 5.41) is 5.50. The minimum absolute atomic E-state index is 0. The first kappa shape index (κ1) is 13.4. The van der Waals surface area contributed by atoms with E-state index in [9.17, 15) is 0 Å². The topological polar surface area (TPSA) is 0 Å². The lowest BCUT2D eigenvalue weighted by Crippen LogP contribution is -2.02. The van der Waals surface area contributed by atoms with E-state index in [0.29, 0.717) is 0 Å². The van der Waals surface area contributed by atoms with Crippen molar-refractivity contribution in [2.75, 3.05) is 0 Å². The van der Waals surface area contributed by atoms with E-state index < -0.39 is 0 Å². The average Bonchev–Trinajstić information content (AvgIpc) is 3.01. The fourth-order valence-electron chi connectivity index (χ4n) is 3.72. The Bertz CT molecular complexity index is 1000. The van der Waals surface area contributed by atoms with E-state index in [-0.39, 0.29) is 12.4 Å². The molecule has 3 aromatic carbocycles. The first-order valence-corrected chi connectivity index (χ1v) is 7.43. The molecular weight excluding hydrogens is 288 g/mol. The smallest absolute Gasteiger partial charge is 0.000749 e. The second kappa shape index (κ2) is 4.86. The Morgan fingerprint density at radius 1 is 0.727 bits per heavy atom. The van der Waals surface area contributed by atoms with Gasteiger partial charge in [-0.15, -0.1) is 12.4 Å². The summed E-state index contributed by atoms with van der Waals surface area (Å²) in [6.07, 6.45) is 10.0. The third-order valence-corrected chi connectivity index (χ3v) is 4.70. The van der Waals surface area contributed by atoms with Gasteiger partial charge in [0.25, 0.3) is 0 Å². The summed E-state index contributed by atoms with van der Waals surface area (Å²) in [4.78, 5) is 0. The maximum absolute atomic E-state index is 2.36. The van der Waals surface area contributed by atoms with Crippen LogP contribution in [-0.2, 0) is 6.42 Å². The van der Waals surface area contributed by atoms with Crippen LogP contribution in [0.2, 0.25) is 0 Å². The van der Waals surface area contributed by atoms with Crippen molar-refractivity contribution in [1.29, 1.82) is 0 Å². The molecule has 0 unspecified atom stereocenters. The SMILES string of the molecule is C1=CC2=Cc3c(c4ccccc4c4ccccc34)CC2=C1.Cl. The number of hydrogen-bond acceptors (Lipinski definition) is 0. The maximum Gasteiger partial charge on any atom is -0.000749 e. The van der Waals surface area contributed by atoms with Crippen LogP contribution in [0.3, 0.4) is 0 Å². The largest absolute Gasteiger partial charge is 0.147 e. The molecule has 0 atom stereocenters. The second-order valence-corrected chi connectivity index (χ2v) is 5.81. The molecular formula is C21H15Cl. The van der Waals surface area contributed by atoms with Gasteiger partial charge in [-0.05, 0) is 56.3 Å². The van der Waals surface area contributed by atoms with Crippen molar-refractivity contribution in [2.24, 2.45) is 0 Å². The molecule has 0 fully saturated rings. The fraction of sp³-hybridized carbons (Fsp3) is 0.0476. The van der Waals surface area contributed by atoms with Crippen LogP contribution in [0.25, 0.3) is 27.6 Å². The Labute approximate surface area is 135 Å². The Kier molecular flexibility index (Phi) is 2.95. The van der Waals surface area contributed by atoms with Crippen molar-refractivity contribution in [2.45, 2.75) is 6.42 Å². The number of fused-ring (bicyclic) bond motifs is 7. The molecule has 2 aliphatic carbocycles. The number of hydrogen-bond donors (Lipinski definition) is 0. The fourth-order valence-corrected chi connectivity index (χ4v) is 3.72. The lowest BCUT2D eigenvalue weighted by atomic mass is 9.83. The van der Waals surface area contributed by atoms with E-state index in [1.165, 1.54) is 43.8 Å². The van der Waals surface area contributed by atoms with Gasteiger partial charge < -0.3 is 0 Å². The first-order chi connectivity index (χ1) is 10.4. The molecule has 2 aliphatic rings. The van der Waals surface area contributed by atoms with Crippen LogP contribution in [-0.4, -0.2) is 0 Å². The second-order valence-electron chi connectivity index (χ2n) is 5.81. The van der Waals surface area contributed by atoms with Crippen LogP contribution in [0.4, 0.5) is 0 Å². The van der Waals surface area contributed by atoms with Gasteiger partial charge in [0.05, 0.1) is 0 Å². The van der Waals surface area contributed by atoms with E-state index >= 15 is 0 Å².